The molecule has 1 saturated heterocycles. The molecule has 0 saturated carbocycles. The number of hydrogen-bond acceptors (Lipinski definition) is 7. The van der Waals surface area contributed by atoms with Crippen molar-refractivity contribution in [3.8, 4) is 5.75 Å². The minimum absolute atomic E-state index is 0.0543. The first-order valence-electron chi connectivity index (χ1n) is 10.7. The van der Waals surface area contributed by atoms with Crippen LogP contribution in [0.15, 0.2) is 53.6 Å². The summed E-state index contributed by atoms with van der Waals surface area (Å²) in [6, 6.07) is 13.7. The Morgan fingerprint density at radius 3 is 2.53 bits per heavy atom. The molecule has 1 aliphatic heterocycles. The molecule has 0 atom stereocenters. The highest BCUT2D eigenvalue weighted by atomic mass is 32.2. The van der Waals surface area contributed by atoms with Crippen molar-refractivity contribution in [1.82, 2.24) is 10.3 Å². The van der Waals surface area contributed by atoms with E-state index in [0.29, 0.717) is 43.3 Å². The van der Waals surface area contributed by atoms with Crippen LogP contribution in [0.3, 0.4) is 0 Å². The molecule has 1 N–H and O–H groups in total. The monoisotopic (exact) mass is 488 g/mol. The van der Waals surface area contributed by atoms with Gasteiger partial charge in [0, 0.05) is 13.1 Å². The van der Waals surface area contributed by atoms with E-state index in [4.69, 9.17) is 9.47 Å². The Labute approximate surface area is 199 Å². The molecule has 2 aromatic rings. The largest absolute Gasteiger partial charge is 0.484 e. The van der Waals surface area contributed by atoms with Gasteiger partial charge in [0.1, 0.15) is 12.3 Å². The Balaban J connectivity index is 1.50. The summed E-state index contributed by atoms with van der Waals surface area (Å²) in [5.41, 5.74) is 4.31. The van der Waals surface area contributed by atoms with Crippen molar-refractivity contribution < 1.29 is 27.5 Å². The predicted molar refractivity (Wildman–Crippen MR) is 128 cm³/mol. The Morgan fingerprint density at radius 2 is 1.88 bits per heavy atom. The molecule has 0 radical (unpaired) electrons. The molecule has 11 heteroatoms. The van der Waals surface area contributed by atoms with Gasteiger partial charge in [0.2, 0.25) is 10.0 Å². The average molecular weight is 489 g/mol. The summed E-state index contributed by atoms with van der Waals surface area (Å²) in [5.74, 6) is -0.139. The number of carbonyl (C=O) groups excluding carboxylic acids is 2. The highest BCUT2D eigenvalue weighted by molar-refractivity contribution is 7.92. The lowest BCUT2D eigenvalue weighted by Gasteiger charge is -2.26. The number of sulfonamides is 1. The zero-order chi connectivity index (χ0) is 24.6. The molecule has 1 fully saturated rings. The third-order valence-electron chi connectivity index (χ3n) is 4.99. The van der Waals surface area contributed by atoms with E-state index >= 15 is 0 Å². The molecule has 0 aromatic heterocycles. The maximum absolute atomic E-state index is 12.3. The van der Waals surface area contributed by atoms with Crippen molar-refractivity contribution >= 4 is 33.7 Å². The van der Waals surface area contributed by atoms with Crippen molar-refractivity contribution in [2.75, 3.05) is 50.0 Å². The van der Waals surface area contributed by atoms with Crippen LogP contribution in [0.25, 0.3) is 0 Å². The van der Waals surface area contributed by atoms with E-state index in [9.17, 15) is 18.0 Å². The summed E-state index contributed by atoms with van der Waals surface area (Å²) in [5, 5.41) is 3.89. The lowest BCUT2D eigenvalue weighted by atomic mass is 10.2. The quantitative estimate of drug-likeness (QED) is 0.418. The Morgan fingerprint density at radius 1 is 1.18 bits per heavy atom. The molecule has 182 valence electrons. The van der Waals surface area contributed by atoms with E-state index in [1.165, 1.54) is 6.21 Å². The first-order valence-corrected chi connectivity index (χ1v) is 12.5. The van der Waals surface area contributed by atoms with Gasteiger partial charge >= 0.3 is 0 Å². The second kappa shape index (κ2) is 11.6. The number of rotatable bonds is 9. The topological polar surface area (TPSA) is 118 Å². The van der Waals surface area contributed by atoms with E-state index in [0.717, 1.165) is 16.1 Å². The highest BCUT2D eigenvalue weighted by Crippen LogP contribution is 2.18. The van der Waals surface area contributed by atoms with E-state index in [1.807, 2.05) is 13.0 Å². The van der Waals surface area contributed by atoms with Crippen LogP contribution in [0.4, 0.5) is 5.69 Å². The van der Waals surface area contributed by atoms with Gasteiger partial charge in [0.05, 0.1) is 31.4 Å². The second-order valence-corrected chi connectivity index (χ2v) is 9.66. The van der Waals surface area contributed by atoms with Crippen LogP contribution < -0.4 is 14.5 Å². The normalized spacial score (nSPS) is 14.1. The molecule has 0 aliphatic carbocycles. The first kappa shape index (κ1) is 25.2. The molecule has 1 aliphatic rings. The molecule has 3 rings (SSSR count). The predicted octanol–water partition coefficient (Wildman–Crippen LogP) is 1.15. The van der Waals surface area contributed by atoms with Crippen LogP contribution in [-0.2, 0) is 24.3 Å². The van der Waals surface area contributed by atoms with Gasteiger partial charge < -0.3 is 14.4 Å². The third-order valence-corrected chi connectivity index (χ3v) is 6.13. The number of nitrogens with one attached hydrogen (secondary N) is 1. The third kappa shape index (κ3) is 7.56. The number of nitrogens with zero attached hydrogens (tertiary/aromatic N) is 3. The van der Waals surface area contributed by atoms with Crippen LogP contribution in [0.5, 0.6) is 5.75 Å². The zero-order valence-corrected chi connectivity index (χ0v) is 20.0. The fraction of sp³-hybridized carbons (Fsp3) is 0.348. The standard InChI is InChI=1S/C23H28N4O6S/c1-18-4-3-5-20(14-18)27(34(2,30)31)16-22(28)25-24-15-19-6-8-21(9-7-19)33-17-23(29)26-10-12-32-13-11-26/h3-9,14-15H,10-13,16-17H2,1-2H3,(H,25,28)/b24-15-. The summed E-state index contributed by atoms with van der Waals surface area (Å²) >= 11 is 0. The molecule has 2 amide bonds. The van der Waals surface area contributed by atoms with Gasteiger partial charge in [-0.2, -0.15) is 5.10 Å². The SMILES string of the molecule is Cc1cccc(N(CC(=O)N/N=C\c2ccc(OCC(=O)N3CCOCC3)cc2)S(C)(=O)=O)c1. The van der Waals surface area contributed by atoms with Crippen LogP contribution in [0.2, 0.25) is 0 Å². The maximum Gasteiger partial charge on any atom is 0.260 e. The smallest absolute Gasteiger partial charge is 0.260 e. The van der Waals surface area contributed by atoms with Gasteiger partial charge in [-0.15, -0.1) is 0 Å². The summed E-state index contributed by atoms with van der Waals surface area (Å²) < 4.78 is 36.1. The number of morpholine rings is 1. The van der Waals surface area contributed by atoms with Crippen LogP contribution in [-0.4, -0.2) is 77.1 Å². The van der Waals surface area contributed by atoms with Crippen LogP contribution >= 0.6 is 0 Å². The van der Waals surface area contributed by atoms with Crippen LogP contribution in [0.1, 0.15) is 11.1 Å². The van der Waals surface area contributed by atoms with E-state index in [2.05, 4.69) is 10.5 Å². The minimum Gasteiger partial charge on any atom is -0.484 e. The summed E-state index contributed by atoms with van der Waals surface area (Å²) in [7, 11) is -3.66. The number of aryl methyl sites for hydroxylation is 1. The van der Waals surface area contributed by atoms with Gasteiger partial charge in [-0.05, 0) is 54.4 Å². The van der Waals surface area contributed by atoms with Gasteiger partial charge in [0.15, 0.2) is 6.61 Å². The molecule has 34 heavy (non-hydrogen) atoms. The van der Waals surface area contributed by atoms with Crippen LogP contribution in [0, 0.1) is 6.92 Å². The number of carbonyl (C=O) groups is 2. The van der Waals surface area contributed by atoms with Gasteiger partial charge in [-0.1, -0.05) is 12.1 Å². The average Bonchev–Trinajstić information content (AvgIpc) is 2.81. The fourth-order valence-corrected chi connectivity index (χ4v) is 4.08. The minimum atomic E-state index is -3.66. The summed E-state index contributed by atoms with van der Waals surface area (Å²) in [4.78, 5) is 26.1. The molecule has 2 aromatic carbocycles. The summed E-state index contributed by atoms with van der Waals surface area (Å²) in [6.07, 6.45) is 2.47. The zero-order valence-electron chi connectivity index (χ0n) is 19.1. The maximum atomic E-state index is 12.3. The number of amides is 2. The molecular weight excluding hydrogens is 460 g/mol. The Bertz CT molecular complexity index is 1130. The highest BCUT2D eigenvalue weighted by Gasteiger charge is 2.21. The molecule has 1 heterocycles. The van der Waals surface area contributed by atoms with Gasteiger partial charge in [-0.25, -0.2) is 13.8 Å². The van der Waals surface area contributed by atoms with Crippen molar-refractivity contribution in [2.45, 2.75) is 6.92 Å². The molecule has 10 nitrogen and oxygen atoms in total. The molecular formula is C23H28N4O6S. The number of hydrogen-bond donors (Lipinski definition) is 1. The van der Waals surface area contributed by atoms with Crippen molar-refractivity contribution in [3.63, 3.8) is 0 Å². The van der Waals surface area contributed by atoms with Gasteiger partial charge in [-0.3, -0.25) is 13.9 Å². The summed E-state index contributed by atoms with van der Waals surface area (Å²) in [6.45, 7) is 3.59. The lowest BCUT2D eigenvalue weighted by molar-refractivity contribution is -0.137. The molecule has 0 unspecified atom stereocenters. The van der Waals surface area contributed by atoms with Crippen molar-refractivity contribution in [2.24, 2.45) is 5.10 Å². The Kier molecular flexibility index (Phi) is 8.61. The van der Waals surface area contributed by atoms with E-state index < -0.39 is 22.5 Å². The number of hydrazone groups is 1. The second-order valence-electron chi connectivity index (χ2n) is 7.75. The fourth-order valence-electron chi connectivity index (χ4n) is 3.23. The molecule has 0 bridgehead atoms. The van der Waals surface area contributed by atoms with Crippen molar-refractivity contribution in [3.05, 3.63) is 59.7 Å². The van der Waals surface area contributed by atoms with Gasteiger partial charge in [0.25, 0.3) is 11.8 Å². The Hall–Kier alpha value is -3.44. The first-order chi connectivity index (χ1) is 16.2. The number of anilines is 1. The van der Waals surface area contributed by atoms with Crippen molar-refractivity contribution in [1.29, 1.82) is 0 Å². The number of benzene rings is 2. The van der Waals surface area contributed by atoms with E-state index in [-0.39, 0.29) is 12.5 Å². The molecule has 0 spiro atoms. The number of ether oxygens (including phenoxy) is 2. The van der Waals surface area contributed by atoms with E-state index in [1.54, 1.807) is 47.4 Å². The lowest BCUT2D eigenvalue weighted by Crippen LogP contribution is -2.42.